The fourth-order valence-corrected chi connectivity index (χ4v) is 7.24. The molecule has 2 aromatic rings. The molecule has 39 heavy (non-hydrogen) atoms. The number of nitrogens with zero attached hydrogens (tertiary/aromatic N) is 1. The predicted molar refractivity (Wildman–Crippen MR) is 152 cm³/mol. The molecule has 0 radical (unpaired) electrons. The van der Waals surface area contributed by atoms with Gasteiger partial charge in [-0.25, -0.2) is 13.1 Å². The number of benzene rings is 2. The lowest BCUT2D eigenvalue weighted by Crippen LogP contribution is -2.54. The van der Waals surface area contributed by atoms with Crippen LogP contribution >= 0.6 is 0 Å². The van der Waals surface area contributed by atoms with E-state index in [1.54, 1.807) is 31.4 Å². The van der Waals surface area contributed by atoms with Crippen molar-refractivity contribution in [3.05, 3.63) is 60.2 Å². The zero-order valence-corrected chi connectivity index (χ0v) is 24.0. The van der Waals surface area contributed by atoms with E-state index in [9.17, 15) is 18.3 Å². The first-order chi connectivity index (χ1) is 18.7. The lowest BCUT2D eigenvalue weighted by atomic mass is 9.82. The third-order valence-electron chi connectivity index (χ3n) is 8.52. The van der Waals surface area contributed by atoms with Gasteiger partial charge in [0.2, 0.25) is 15.9 Å². The van der Waals surface area contributed by atoms with Crippen LogP contribution in [0.2, 0.25) is 0 Å². The van der Waals surface area contributed by atoms with Crippen molar-refractivity contribution < 1.29 is 23.1 Å². The van der Waals surface area contributed by atoms with Gasteiger partial charge >= 0.3 is 0 Å². The average molecular weight is 558 g/mol. The largest absolute Gasteiger partial charge is 0.497 e. The van der Waals surface area contributed by atoms with E-state index in [2.05, 4.69) is 21.9 Å². The number of carbonyl (C=O) groups excluding carboxylic acids is 1. The lowest BCUT2D eigenvalue weighted by molar-refractivity contribution is -0.132. The summed E-state index contributed by atoms with van der Waals surface area (Å²) < 4.78 is 33.6. The van der Waals surface area contributed by atoms with Crippen LogP contribution in [-0.2, 0) is 21.2 Å². The Morgan fingerprint density at radius 1 is 1.08 bits per heavy atom. The predicted octanol–water partition coefficient (Wildman–Crippen LogP) is 3.50. The quantitative estimate of drug-likeness (QED) is 0.369. The Morgan fingerprint density at radius 3 is 2.31 bits per heavy atom. The SMILES string of the molecule is CCC1(C(=O)N[C@@H](Cc2ccccc2)[C@H](O)CN2CCC(NS(=O)(=O)c3ccc(OC)cc3)CC2)CCCC1. The van der Waals surface area contributed by atoms with Crippen molar-refractivity contribution in [2.24, 2.45) is 5.41 Å². The number of hydrogen-bond donors (Lipinski definition) is 3. The molecule has 2 atom stereocenters. The first-order valence-corrected chi connectivity index (χ1v) is 15.6. The fraction of sp³-hybridized carbons (Fsp3) is 0.567. The minimum Gasteiger partial charge on any atom is -0.497 e. The van der Waals surface area contributed by atoms with Gasteiger partial charge in [-0.2, -0.15) is 0 Å². The van der Waals surface area contributed by atoms with Gasteiger partial charge in [0.15, 0.2) is 0 Å². The van der Waals surface area contributed by atoms with Crippen LogP contribution in [0.25, 0.3) is 0 Å². The van der Waals surface area contributed by atoms with Crippen molar-refractivity contribution in [1.29, 1.82) is 0 Å². The molecule has 1 aliphatic carbocycles. The number of hydrogen-bond acceptors (Lipinski definition) is 6. The normalized spacial score (nSPS) is 19.9. The number of carbonyl (C=O) groups is 1. The van der Waals surface area contributed by atoms with Gasteiger partial charge in [0.25, 0.3) is 0 Å². The third-order valence-corrected chi connectivity index (χ3v) is 10.1. The van der Waals surface area contributed by atoms with E-state index in [0.717, 1.165) is 37.7 Å². The van der Waals surface area contributed by atoms with E-state index < -0.39 is 22.2 Å². The lowest BCUT2D eigenvalue weighted by Gasteiger charge is -2.36. The van der Waals surface area contributed by atoms with Crippen molar-refractivity contribution in [1.82, 2.24) is 14.9 Å². The minimum atomic E-state index is -3.62. The van der Waals surface area contributed by atoms with Gasteiger partial charge in [-0.3, -0.25) is 4.79 Å². The number of sulfonamides is 1. The summed E-state index contributed by atoms with van der Waals surface area (Å²) in [6.45, 7) is 3.84. The van der Waals surface area contributed by atoms with Crippen LogP contribution in [-0.4, -0.2) is 69.3 Å². The number of β-amino-alcohol motifs (C(OH)–C–C–N with tert-alkyl or cyclic N) is 1. The number of likely N-dealkylation sites (tertiary alicyclic amines) is 1. The summed E-state index contributed by atoms with van der Waals surface area (Å²) in [7, 11) is -2.08. The summed E-state index contributed by atoms with van der Waals surface area (Å²) in [4.78, 5) is 15.8. The third kappa shape index (κ3) is 7.60. The Balaban J connectivity index is 1.34. The second-order valence-electron chi connectivity index (χ2n) is 11.0. The number of aliphatic hydroxyl groups excluding tert-OH is 1. The van der Waals surface area contributed by atoms with E-state index in [4.69, 9.17) is 4.74 Å². The van der Waals surface area contributed by atoms with Gasteiger partial charge in [-0.05, 0) is 81.4 Å². The minimum absolute atomic E-state index is 0.0640. The highest BCUT2D eigenvalue weighted by Gasteiger charge is 2.41. The number of ether oxygens (including phenoxy) is 1. The van der Waals surface area contributed by atoms with Crippen molar-refractivity contribution in [3.63, 3.8) is 0 Å². The molecule has 8 nitrogen and oxygen atoms in total. The number of aliphatic hydroxyl groups is 1. The average Bonchev–Trinajstić information content (AvgIpc) is 3.45. The van der Waals surface area contributed by atoms with Crippen LogP contribution in [0.15, 0.2) is 59.5 Å². The van der Waals surface area contributed by atoms with Crippen molar-refractivity contribution in [2.75, 3.05) is 26.7 Å². The fourth-order valence-electron chi connectivity index (χ4n) is 5.93. The van der Waals surface area contributed by atoms with E-state index in [1.807, 2.05) is 30.3 Å². The van der Waals surface area contributed by atoms with Crippen LogP contribution in [0.4, 0.5) is 0 Å². The molecule has 1 heterocycles. The number of nitrogens with one attached hydrogen (secondary N) is 2. The highest BCUT2D eigenvalue weighted by molar-refractivity contribution is 7.89. The van der Waals surface area contributed by atoms with Gasteiger partial charge < -0.3 is 20.1 Å². The van der Waals surface area contributed by atoms with Crippen LogP contribution in [0.3, 0.4) is 0 Å². The first-order valence-electron chi connectivity index (χ1n) is 14.2. The van der Waals surface area contributed by atoms with Gasteiger partial charge in [0, 0.05) is 18.0 Å². The Hall–Kier alpha value is -2.46. The first kappa shape index (κ1) is 29.5. The summed E-state index contributed by atoms with van der Waals surface area (Å²) in [6.07, 6.45) is 5.89. The standard InChI is InChI=1S/C30H43N3O5S/c1-3-30(17-7-8-18-30)29(35)31-27(21-23-9-5-4-6-10-23)28(34)22-33-19-15-24(16-20-33)32-39(36,37)26-13-11-25(38-2)12-14-26/h4-6,9-14,24,27-28,32,34H,3,7-8,15-22H2,1-2H3,(H,31,35)/t27-,28+/m0/s1. The van der Waals surface area contributed by atoms with Gasteiger partial charge in [-0.15, -0.1) is 0 Å². The van der Waals surface area contributed by atoms with E-state index >= 15 is 0 Å². The molecule has 2 fully saturated rings. The topological polar surface area (TPSA) is 108 Å². The second-order valence-corrected chi connectivity index (χ2v) is 12.8. The highest BCUT2D eigenvalue weighted by Crippen LogP contribution is 2.41. The molecule has 1 aliphatic heterocycles. The molecule has 1 amide bonds. The molecule has 0 unspecified atom stereocenters. The molecule has 2 aliphatic rings. The molecule has 214 valence electrons. The molecular weight excluding hydrogens is 514 g/mol. The summed E-state index contributed by atoms with van der Waals surface area (Å²) in [5.74, 6) is 0.671. The van der Waals surface area contributed by atoms with Gasteiger partial charge in [0.1, 0.15) is 5.75 Å². The van der Waals surface area contributed by atoms with Crippen molar-refractivity contribution in [2.45, 2.75) is 81.4 Å². The molecule has 0 spiro atoms. The number of rotatable bonds is 12. The summed E-state index contributed by atoms with van der Waals surface area (Å²) >= 11 is 0. The summed E-state index contributed by atoms with van der Waals surface area (Å²) in [6, 6.07) is 15.8. The zero-order valence-electron chi connectivity index (χ0n) is 23.1. The Kier molecular flexibility index (Phi) is 10.0. The zero-order chi connectivity index (χ0) is 27.9. The highest BCUT2D eigenvalue weighted by atomic mass is 32.2. The number of methoxy groups -OCH3 is 1. The van der Waals surface area contributed by atoms with Crippen LogP contribution in [0.1, 0.15) is 57.4 Å². The Labute approximate surface area is 233 Å². The van der Waals surface area contributed by atoms with Crippen molar-refractivity contribution >= 4 is 15.9 Å². The maximum absolute atomic E-state index is 13.4. The maximum atomic E-state index is 13.4. The number of piperidine rings is 1. The molecule has 1 saturated heterocycles. The molecule has 0 bridgehead atoms. The molecule has 9 heteroatoms. The van der Waals surface area contributed by atoms with Crippen LogP contribution in [0.5, 0.6) is 5.75 Å². The Bertz CT molecular complexity index is 1160. The molecule has 4 rings (SSSR count). The molecule has 3 N–H and O–H groups in total. The summed E-state index contributed by atoms with van der Waals surface area (Å²) in [5, 5.41) is 14.6. The monoisotopic (exact) mass is 557 g/mol. The van der Waals surface area contributed by atoms with E-state index in [-0.39, 0.29) is 22.3 Å². The van der Waals surface area contributed by atoms with Crippen LogP contribution in [0, 0.1) is 5.41 Å². The smallest absolute Gasteiger partial charge is 0.240 e. The summed E-state index contributed by atoms with van der Waals surface area (Å²) in [5.41, 5.74) is 0.749. The van der Waals surface area contributed by atoms with Gasteiger partial charge in [-0.1, -0.05) is 50.1 Å². The molecular formula is C30H43N3O5S. The molecule has 1 saturated carbocycles. The van der Waals surface area contributed by atoms with Crippen molar-refractivity contribution in [3.8, 4) is 5.75 Å². The van der Waals surface area contributed by atoms with Gasteiger partial charge in [0.05, 0.1) is 24.2 Å². The number of amides is 1. The molecule has 2 aromatic carbocycles. The Morgan fingerprint density at radius 2 is 1.72 bits per heavy atom. The molecule has 0 aromatic heterocycles. The van der Waals surface area contributed by atoms with Crippen LogP contribution < -0.4 is 14.8 Å². The van der Waals surface area contributed by atoms with E-state index in [0.29, 0.717) is 44.6 Å². The van der Waals surface area contributed by atoms with E-state index in [1.165, 1.54) is 0 Å². The maximum Gasteiger partial charge on any atom is 0.240 e. The second kappa shape index (κ2) is 13.3.